The zero-order chi connectivity index (χ0) is 23.8. The fraction of sp³-hybridized carbons (Fsp3) is 0.444. The van der Waals surface area contributed by atoms with Crippen LogP contribution in [-0.2, 0) is 11.3 Å². The Morgan fingerprint density at radius 3 is 2.24 bits per heavy atom. The molecule has 0 spiro atoms. The molecule has 1 aromatic heterocycles. The molecule has 1 heterocycles. The van der Waals surface area contributed by atoms with Gasteiger partial charge >= 0.3 is 0 Å². The molecule has 178 valence electrons. The normalized spacial score (nSPS) is 13.5. The third-order valence-corrected chi connectivity index (χ3v) is 5.74. The molecule has 0 radical (unpaired) electrons. The maximum atomic E-state index is 10.6. The van der Waals surface area contributed by atoms with Gasteiger partial charge in [0.1, 0.15) is 5.75 Å². The first kappa shape index (κ1) is 25.0. The minimum atomic E-state index is -0.565. The quantitative estimate of drug-likeness (QED) is 0.402. The fourth-order valence-corrected chi connectivity index (χ4v) is 3.66. The number of aryl methyl sites for hydroxylation is 1. The molecule has 0 saturated heterocycles. The van der Waals surface area contributed by atoms with Crippen molar-refractivity contribution in [3.8, 4) is 17.3 Å². The molecule has 6 nitrogen and oxygen atoms in total. The number of hydrogen-bond acceptors (Lipinski definition) is 5. The molecule has 2 unspecified atom stereocenters. The van der Waals surface area contributed by atoms with Crippen molar-refractivity contribution in [2.75, 3.05) is 13.2 Å². The van der Waals surface area contributed by atoms with Gasteiger partial charge in [0.25, 0.3) is 0 Å². The number of nitrogens with zero attached hydrogens (tertiary/aromatic N) is 3. The highest BCUT2D eigenvalue weighted by Crippen LogP contribution is 2.32. The molecule has 0 aliphatic carbocycles. The molecule has 0 bridgehead atoms. The van der Waals surface area contributed by atoms with Crippen LogP contribution >= 0.6 is 0 Å². The number of hydrogen-bond donors (Lipinski definition) is 1. The Bertz CT molecular complexity index is 973. The molecular formula is C27H37N3O3. The first-order valence-electron chi connectivity index (χ1n) is 11.8. The van der Waals surface area contributed by atoms with E-state index in [1.165, 1.54) is 0 Å². The summed E-state index contributed by atoms with van der Waals surface area (Å²) in [5.41, 5.74) is 2.87. The molecule has 0 fully saturated rings. The van der Waals surface area contributed by atoms with E-state index in [1.807, 2.05) is 86.1 Å². The van der Waals surface area contributed by atoms with Gasteiger partial charge in [-0.1, -0.05) is 43.3 Å². The Hall–Kier alpha value is -2.67. The predicted octanol–water partition coefficient (Wildman–Crippen LogP) is 5.36. The lowest BCUT2D eigenvalue weighted by Gasteiger charge is -2.30. The van der Waals surface area contributed by atoms with E-state index in [0.29, 0.717) is 25.6 Å². The molecule has 6 heteroatoms. The van der Waals surface area contributed by atoms with Crippen LogP contribution in [0.25, 0.3) is 5.69 Å². The molecule has 33 heavy (non-hydrogen) atoms. The molecule has 2 atom stereocenters. The highest BCUT2D eigenvalue weighted by molar-refractivity contribution is 5.43. The first-order chi connectivity index (χ1) is 15.9. The standard InChI is InChI=1S/C27H37N3O3/c1-6-21(4)29(17-24(31)19-32-20(2)3)18-26-22(5)28-30(23-13-9-7-10-14-23)27(26)33-25-15-11-8-12-16-25/h7-16,20-21,24,31H,6,17-19H2,1-5H3. The van der Waals surface area contributed by atoms with Crippen molar-refractivity contribution >= 4 is 0 Å². The van der Waals surface area contributed by atoms with E-state index in [1.54, 1.807) is 0 Å². The van der Waals surface area contributed by atoms with Crippen molar-refractivity contribution in [3.05, 3.63) is 71.9 Å². The molecule has 0 amide bonds. The summed E-state index contributed by atoms with van der Waals surface area (Å²) in [6.07, 6.45) is 0.497. The number of aliphatic hydroxyl groups excluding tert-OH is 1. The van der Waals surface area contributed by atoms with E-state index in [2.05, 4.69) is 18.7 Å². The minimum Gasteiger partial charge on any atom is -0.439 e. The van der Waals surface area contributed by atoms with E-state index in [0.717, 1.165) is 29.1 Å². The van der Waals surface area contributed by atoms with Gasteiger partial charge in [-0.3, -0.25) is 4.90 Å². The van der Waals surface area contributed by atoms with Crippen LogP contribution in [-0.4, -0.2) is 51.2 Å². The molecule has 0 saturated carbocycles. The van der Waals surface area contributed by atoms with Crippen molar-refractivity contribution in [1.82, 2.24) is 14.7 Å². The summed E-state index contributed by atoms with van der Waals surface area (Å²) >= 11 is 0. The fourth-order valence-electron chi connectivity index (χ4n) is 3.66. The molecule has 0 aliphatic rings. The van der Waals surface area contributed by atoms with Crippen LogP contribution in [0.4, 0.5) is 0 Å². The maximum Gasteiger partial charge on any atom is 0.227 e. The summed E-state index contributed by atoms with van der Waals surface area (Å²) in [5, 5.41) is 15.5. The zero-order valence-corrected chi connectivity index (χ0v) is 20.4. The molecule has 2 aromatic carbocycles. The Morgan fingerprint density at radius 1 is 1.00 bits per heavy atom. The Labute approximate surface area is 197 Å². The molecule has 1 N–H and O–H groups in total. The maximum absolute atomic E-state index is 10.6. The Kier molecular flexibility index (Phi) is 9.06. The van der Waals surface area contributed by atoms with Gasteiger partial charge in [0.15, 0.2) is 0 Å². The summed E-state index contributed by atoms with van der Waals surface area (Å²) in [4.78, 5) is 2.28. The monoisotopic (exact) mass is 451 g/mol. The zero-order valence-electron chi connectivity index (χ0n) is 20.4. The first-order valence-corrected chi connectivity index (χ1v) is 11.8. The SMILES string of the molecule is CCC(C)N(Cc1c(C)nn(-c2ccccc2)c1Oc1ccccc1)CC(O)COC(C)C. The van der Waals surface area contributed by atoms with Gasteiger partial charge in [-0.15, -0.1) is 0 Å². The summed E-state index contributed by atoms with van der Waals surface area (Å²) < 4.78 is 13.9. The van der Waals surface area contributed by atoms with Crippen molar-refractivity contribution in [1.29, 1.82) is 0 Å². The number of para-hydroxylation sites is 2. The van der Waals surface area contributed by atoms with Gasteiger partial charge in [-0.05, 0) is 58.4 Å². The number of ether oxygens (including phenoxy) is 2. The largest absolute Gasteiger partial charge is 0.439 e. The van der Waals surface area contributed by atoms with Crippen LogP contribution in [0.5, 0.6) is 11.6 Å². The van der Waals surface area contributed by atoms with Crippen molar-refractivity contribution in [2.24, 2.45) is 0 Å². The summed E-state index contributed by atoms with van der Waals surface area (Å²) in [5.74, 6) is 1.46. The number of aliphatic hydroxyl groups is 1. The molecule has 3 aromatic rings. The molecular weight excluding hydrogens is 414 g/mol. The van der Waals surface area contributed by atoms with Crippen molar-refractivity contribution in [2.45, 2.75) is 65.8 Å². The third kappa shape index (κ3) is 6.90. The van der Waals surface area contributed by atoms with Crippen molar-refractivity contribution in [3.63, 3.8) is 0 Å². The van der Waals surface area contributed by atoms with Gasteiger partial charge in [-0.2, -0.15) is 5.10 Å². The summed E-state index contributed by atoms with van der Waals surface area (Å²) in [6.45, 7) is 11.8. The van der Waals surface area contributed by atoms with E-state index < -0.39 is 6.10 Å². The number of benzene rings is 2. The van der Waals surface area contributed by atoms with Gasteiger partial charge in [0, 0.05) is 19.1 Å². The molecule has 3 rings (SSSR count). The highest BCUT2D eigenvalue weighted by atomic mass is 16.5. The van der Waals surface area contributed by atoms with Crippen LogP contribution in [0.2, 0.25) is 0 Å². The number of aromatic nitrogens is 2. The smallest absolute Gasteiger partial charge is 0.227 e. The Balaban J connectivity index is 1.94. The lowest BCUT2D eigenvalue weighted by molar-refractivity contribution is -0.0150. The van der Waals surface area contributed by atoms with Gasteiger partial charge in [-0.25, -0.2) is 4.68 Å². The second-order valence-electron chi connectivity index (χ2n) is 8.75. The number of rotatable bonds is 12. The van der Waals surface area contributed by atoms with Gasteiger partial charge in [0.05, 0.1) is 35.8 Å². The topological polar surface area (TPSA) is 59.8 Å². The van der Waals surface area contributed by atoms with Gasteiger partial charge < -0.3 is 14.6 Å². The second kappa shape index (κ2) is 12.0. The van der Waals surface area contributed by atoms with Crippen LogP contribution < -0.4 is 4.74 Å². The van der Waals surface area contributed by atoms with E-state index >= 15 is 0 Å². The average molecular weight is 452 g/mol. The van der Waals surface area contributed by atoms with Gasteiger partial charge in [0.2, 0.25) is 5.88 Å². The van der Waals surface area contributed by atoms with E-state index in [9.17, 15) is 5.11 Å². The minimum absolute atomic E-state index is 0.0916. The summed E-state index contributed by atoms with van der Waals surface area (Å²) in [6, 6.07) is 20.1. The molecule has 0 aliphatic heterocycles. The van der Waals surface area contributed by atoms with Crippen LogP contribution in [0, 0.1) is 6.92 Å². The van der Waals surface area contributed by atoms with Crippen LogP contribution in [0.1, 0.15) is 45.4 Å². The second-order valence-corrected chi connectivity index (χ2v) is 8.75. The third-order valence-electron chi connectivity index (χ3n) is 5.74. The van der Waals surface area contributed by atoms with Crippen LogP contribution in [0.3, 0.4) is 0 Å². The summed E-state index contributed by atoms with van der Waals surface area (Å²) in [7, 11) is 0. The highest BCUT2D eigenvalue weighted by Gasteiger charge is 2.24. The van der Waals surface area contributed by atoms with Crippen LogP contribution in [0.15, 0.2) is 60.7 Å². The lowest BCUT2D eigenvalue weighted by atomic mass is 10.1. The van der Waals surface area contributed by atoms with Crippen molar-refractivity contribution < 1.29 is 14.6 Å². The predicted molar refractivity (Wildman–Crippen MR) is 132 cm³/mol. The van der Waals surface area contributed by atoms with E-state index in [-0.39, 0.29) is 12.1 Å². The lowest BCUT2D eigenvalue weighted by Crippen LogP contribution is -2.40. The van der Waals surface area contributed by atoms with E-state index in [4.69, 9.17) is 14.6 Å². The Morgan fingerprint density at radius 2 is 1.64 bits per heavy atom. The average Bonchev–Trinajstić information content (AvgIpc) is 3.12.